The van der Waals surface area contributed by atoms with E-state index >= 15 is 0 Å². The molecule has 1 saturated heterocycles. The number of rotatable bonds is 5. The van der Waals surface area contributed by atoms with Crippen LogP contribution in [0.4, 0.5) is 0 Å². The Kier molecular flexibility index (Phi) is 4.71. The van der Waals surface area contributed by atoms with E-state index in [1.807, 2.05) is 11.8 Å². The van der Waals surface area contributed by atoms with E-state index in [0.717, 1.165) is 24.3 Å². The molecule has 0 aromatic carbocycles. The van der Waals surface area contributed by atoms with Crippen molar-refractivity contribution in [3.05, 3.63) is 11.4 Å². The van der Waals surface area contributed by atoms with Crippen molar-refractivity contribution in [2.24, 2.45) is 5.92 Å². The minimum atomic E-state index is -3.85. The quantitative estimate of drug-likeness (QED) is 0.741. The highest BCUT2D eigenvalue weighted by Crippen LogP contribution is 2.23. The average Bonchev–Trinajstić information content (AvgIpc) is 2.81. The summed E-state index contributed by atoms with van der Waals surface area (Å²) in [6.45, 7) is 1.83. The molecule has 0 amide bonds. The van der Waals surface area contributed by atoms with Crippen molar-refractivity contribution in [1.82, 2.24) is 14.9 Å². The first-order valence-corrected chi connectivity index (χ1v) is 8.91. The molecule has 1 fully saturated rings. The third-order valence-electron chi connectivity index (χ3n) is 3.27. The molecule has 0 bridgehead atoms. The fourth-order valence-corrected chi connectivity index (χ4v) is 4.78. The number of nitrogens with zero attached hydrogens (tertiary/aromatic N) is 1. The van der Waals surface area contributed by atoms with Gasteiger partial charge in [0.1, 0.15) is 4.90 Å². The van der Waals surface area contributed by atoms with Gasteiger partial charge in [0.25, 0.3) is 0 Å². The lowest BCUT2D eigenvalue weighted by molar-refractivity contribution is 0.0686. The van der Waals surface area contributed by atoms with Crippen LogP contribution in [0.25, 0.3) is 0 Å². The van der Waals surface area contributed by atoms with E-state index in [4.69, 9.17) is 5.11 Å². The Morgan fingerprint density at radius 1 is 1.50 bits per heavy atom. The maximum absolute atomic E-state index is 12.2. The van der Waals surface area contributed by atoms with Crippen molar-refractivity contribution in [3.8, 4) is 0 Å². The molecular weight excluding hydrogens is 302 g/mol. The number of H-pyrrole nitrogens is 1. The molecule has 2 heterocycles. The zero-order chi connectivity index (χ0) is 14.8. The Morgan fingerprint density at radius 3 is 2.75 bits per heavy atom. The van der Waals surface area contributed by atoms with Gasteiger partial charge in [0.15, 0.2) is 5.69 Å². The molecule has 1 aromatic heterocycles. The number of aromatic amines is 1. The second kappa shape index (κ2) is 6.15. The molecule has 0 radical (unpaired) electrons. The van der Waals surface area contributed by atoms with Gasteiger partial charge >= 0.3 is 5.97 Å². The zero-order valence-corrected chi connectivity index (χ0v) is 12.7. The Morgan fingerprint density at radius 2 is 2.15 bits per heavy atom. The van der Waals surface area contributed by atoms with Crippen LogP contribution in [0, 0.1) is 12.8 Å². The summed E-state index contributed by atoms with van der Waals surface area (Å²) in [7, 11) is -3.85. The molecule has 0 atom stereocenters. The molecule has 0 saturated carbocycles. The molecule has 2 rings (SSSR count). The summed E-state index contributed by atoms with van der Waals surface area (Å²) in [6, 6.07) is 0. The number of aromatic nitrogens is 2. The van der Waals surface area contributed by atoms with E-state index in [0.29, 0.717) is 12.5 Å². The summed E-state index contributed by atoms with van der Waals surface area (Å²) in [5.41, 5.74) is -0.233. The SMILES string of the molecule is Cc1[nH]nc(C(=O)O)c1S(=O)(=O)NCC1CCSCC1. The molecule has 1 aliphatic rings. The van der Waals surface area contributed by atoms with E-state index in [1.54, 1.807) is 0 Å². The Balaban J connectivity index is 2.14. The van der Waals surface area contributed by atoms with Crippen LogP contribution in [-0.2, 0) is 10.0 Å². The lowest BCUT2D eigenvalue weighted by Crippen LogP contribution is -2.32. The summed E-state index contributed by atoms with van der Waals surface area (Å²) < 4.78 is 27.0. The second-order valence-electron chi connectivity index (χ2n) is 4.74. The lowest BCUT2D eigenvalue weighted by atomic mass is 10.0. The number of hydrogen-bond acceptors (Lipinski definition) is 5. The van der Waals surface area contributed by atoms with Gasteiger partial charge in [-0.05, 0) is 37.2 Å². The standard InChI is InChI=1S/C11H17N3O4S2/c1-7-10(9(11(15)16)14-13-7)20(17,18)12-6-8-2-4-19-5-3-8/h8,12H,2-6H2,1H3,(H,13,14)(H,15,16). The van der Waals surface area contributed by atoms with Crippen LogP contribution in [0.1, 0.15) is 29.0 Å². The monoisotopic (exact) mass is 319 g/mol. The largest absolute Gasteiger partial charge is 0.476 e. The summed E-state index contributed by atoms with van der Waals surface area (Å²) in [5, 5.41) is 14.9. The fraction of sp³-hybridized carbons (Fsp3) is 0.636. The minimum Gasteiger partial charge on any atom is -0.476 e. The predicted octanol–water partition coefficient (Wildman–Crippen LogP) is 0.838. The van der Waals surface area contributed by atoms with Crippen molar-refractivity contribution in [2.75, 3.05) is 18.1 Å². The first kappa shape index (κ1) is 15.3. The van der Waals surface area contributed by atoms with Crippen molar-refractivity contribution in [1.29, 1.82) is 0 Å². The van der Waals surface area contributed by atoms with Gasteiger partial charge in [0.2, 0.25) is 10.0 Å². The number of carboxylic acid groups (broad SMARTS) is 1. The van der Waals surface area contributed by atoms with Crippen LogP contribution in [0.5, 0.6) is 0 Å². The third kappa shape index (κ3) is 3.33. The number of sulfonamides is 1. The number of nitrogens with one attached hydrogen (secondary N) is 2. The van der Waals surface area contributed by atoms with Gasteiger partial charge in [0, 0.05) is 6.54 Å². The van der Waals surface area contributed by atoms with E-state index in [9.17, 15) is 13.2 Å². The molecule has 1 aromatic rings. The molecule has 9 heteroatoms. The van der Waals surface area contributed by atoms with Gasteiger partial charge in [-0.2, -0.15) is 16.9 Å². The van der Waals surface area contributed by atoms with Gasteiger partial charge in [-0.15, -0.1) is 0 Å². The highest BCUT2D eigenvalue weighted by Gasteiger charge is 2.28. The van der Waals surface area contributed by atoms with Gasteiger partial charge in [0.05, 0.1) is 5.69 Å². The number of carbonyl (C=O) groups is 1. The maximum Gasteiger partial charge on any atom is 0.357 e. The summed E-state index contributed by atoms with van der Waals surface area (Å²) in [6.07, 6.45) is 1.95. The van der Waals surface area contributed by atoms with E-state index < -0.39 is 21.7 Å². The zero-order valence-electron chi connectivity index (χ0n) is 11.0. The van der Waals surface area contributed by atoms with Crippen LogP contribution in [-0.4, -0.2) is 47.7 Å². The molecule has 112 valence electrons. The topological polar surface area (TPSA) is 112 Å². The Labute approximate surface area is 121 Å². The fourth-order valence-electron chi connectivity index (χ4n) is 2.14. The molecule has 0 unspecified atom stereocenters. The summed E-state index contributed by atoms with van der Waals surface area (Å²) in [4.78, 5) is 10.7. The smallest absolute Gasteiger partial charge is 0.357 e. The minimum absolute atomic E-state index is 0.231. The molecule has 1 aliphatic heterocycles. The number of aromatic carboxylic acids is 1. The molecule has 20 heavy (non-hydrogen) atoms. The van der Waals surface area contributed by atoms with Crippen LogP contribution >= 0.6 is 11.8 Å². The van der Waals surface area contributed by atoms with Crippen molar-refractivity contribution in [2.45, 2.75) is 24.7 Å². The van der Waals surface area contributed by atoms with Crippen molar-refractivity contribution < 1.29 is 18.3 Å². The molecule has 7 nitrogen and oxygen atoms in total. The van der Waals surface area contributed by atoms with Gasteiger partial charge < -0.3 is 5.11 Å². The number of thioether (sulfide) groups is 1. The van der Waals surface area contributed by atoms with Gasteiger partial charge in [-0.1, -0.05) is 0 Å². The molecule has 0 spiro atoms. The summed E-state index contributed by atoms with van der Waals surface area (Å²) >= 11 is 1.87. The second-order valence-corrected chi connectivity index (χ2v) is 7.67. The van der Waals surface area contributed by atoms with Crippen LogP contribution in [0.15, 0.2) is 4.90 Å². The van der Waals surface area contributed by atoms with Crippen molar-refractivity contribution >= 4 is 27.8 Å². The normalized spacial score (nSPS) is 17.2. The highest BCUT2D eigenvalue weighted by atomic mass is 32.2. The number of hydrogen-bond donors (Lipinski definition) is 3. The van der Waals surface area contributed by atoms with Crippen LogP contribution in [0.2, 0.25) is 0 Å². The van der Waals surface area contributed by atoms with Gasteiger partial charge in [-0.25, -0.2) is 17.9 Å². The highest BCUT2D eigenvalue weighted by molar-refractivity contribution is 7.99. The lowest BCUT2D eigenvalue weighted by Gasteiger charge is -2.21. The van der Waals surface area contributed by atoms with Crippen molar-refractivity contribution in [3.63, 3.8) is 0 Å². The third-order valence-corrected chi connectivity index (χ3v) is 5.90. The first-order chi connectivity index (χ1) is 9.42. The maximum atomic E-state index is 12.2. The molecular formula is C11H17N3O4S2. The average molecular weight is 319 g/mol. The molecule has 3 N–H and O–H groups in total. The van der Waals surface area contributed by atoms with Gasteiger partial charge in [-0.3, -0.25) is 5.10 Å². The Bertz CT molecular complexity index is 591. The first-order valence-electron chi connectivity index (χ1n) is 6.27. The molecule has 0 aliphatic carbocycles. The number of aryl methyl sites for hydroxylation is 1. The number of carboxylic acids is 1. The van der Waals surface area contributed by atoms with Crippen LogP contribution in [0.3, 0.4) is 0 Å². The summed E-state index contributed by atoms with van der Waals surface area (Å²) in [5.74, 6) is 1.03. The van der Waals surface area contributed by atoms with Crippen LogP contribution < -0.4 is 4.72 Å². The van der Waals surface area contributed by atoms with E-state index in [2.05, 4.69) is 14.9 Å². The van der Waals surface area contributed by atoms with E-state index in [1.165, 1.54) is 6.92 Å². The van der Waals surface area contributed by atoms with E-state index in [-0.39, 0.29) is 10.6 Å². The Hall–Kier alpha value is -1.06. The predicted molar refractivity (Wildman–Crippen MR) is 75.5 cm³/mol.